The molecule has 0 radical (unpaired) electrons. The zero-order chi connectivity index (χ0) is 26.1. The summed E-state index contributed by atoms with van der Waals surface area (Å²) in [5.74, 6) is -0.252. The van der Waals surface area contributed by atoms with Gasteiger partial charge in [-0.05, 0) is 68.7 Å². The van der Waals surface area contributed by atoms with Gasteiger partial charge in [0, 0.05) is 18.7 Å². The lowest BCUT2D eigenvalue weighted by molar-refractivity contribution is -0.140. The highest BCUT2D eigenvalue weighted by Gasteiger charge is 2.45. The molecule has 0 bridgehead atoms. The quantitative estimate of drug-likeness (QED) is 0.171. The van der Waals surface area contributed by atoms with Crippen LogP contribution in [0.15, 0.2) is 54.1 Å². The Kier molecular flexibility index (Phi) is 9.94. The normalized spacial score (nSPS) is 17.1. The second-order valence-corrected chi connectivity index (χ2v) is 9.12. The number of Topliss-reactive ketones (excluding diaryl/α,β-unsaturated/α-hetero) is 1. The summed E-state index contributed by atoms with van der Waals surface area (Å²) in [6, 6.07) is 13.4. The number of ether oxygens (including phenoxy) is 3. The summed E-state index contributed by atoms with van der Waals surface area (Å²) in [4.78, 5) is 27.8. The van der Waals surface area contributed by atoms with Gasteiger partial charge in [-0.1, -0.05) is 31.9 Å². The van der Waals surface area contributed by atoms with Gasteiger partial charge in [-0.25, -0.2) is 0 Å². The van der Waals surface area contributed by atoms with Gasteiger partial charge in [0.1, 0.15) is 17.3 Å². The molecule has 1 amide bonds. The average Bonchev–Trinajstić information content (AvgIpc) is 3.14. The summed E-state index contributed by atoms with van der Waals surface area (Å²) < 4.78 is 16.7. The molecule has 3 rings (SSSR count). The van der Waals surface area contributed by atoms with Crippen LogP contribution in [0.3, 0.4) is 0 Å². The van der Waals surface area contributed by atoms with Crippen LogP contribution in [-0.4, -0.2) is 54.7 Å². The van der Waals surface area contributed by atoms with Gasteiger partial charge in [0.15, 0.2) is 0 Å². The number of rotatable bonds is 13. The van der Waals surface area contributed by atoms with Crippen LogP contribution >= 0.6 is 0 Å². The van der Waals surface area contributed by atoms with Crippen LogP contribution in [0.2, 0.25) is 0 Å². The van der Waals surface area contributed by atoms with Crippen LogP contribution in [0.5, 0.6) is 11.5 Å². The third-order valence-corrected chi connectivity index (χ3v) is 6.09. The Bertz CT molecular complexity index is 1060. The van der Waals surface area contributed by atoms with Crippen molar-refractivity contribution in [3.63, 3.8) is 0 Å². The molecule has 1 aliphatic rings. The Morgan fingerprint density at radius 2 is 1.75 bits per heavy atom. The zero-order valence-corrected chi connectivity index (χ0v) is 21.7. The van der Waals surface area contributed by atoms with E-state index in [1.54, 1.807) is 49.6 Å². The zero-order valence-electron chi connectivity index (χ0n) is 21.7. The van der Waals surface area contributed by atoms with Crippen molar-refractivity contribution >= 4 is 17.4 Å². The van der Waals surface area contributed by atoms with Gasteiger partial charge in [0.05, 0.1) is 31.4 Å². The molecule has 2 aromatic carbocycles. The molecule has 1 fully saturated rings. The molecular weight excluding hydrogens is 458 g/mol. The molecule has 1 N–H and O–H groups in total. The van der Waals surface area contributed by atoms with E-state index in [1.807, 2.05) is 19.9 Å². The summed E-state index contributed by atoms with van der Waals surface area (Å²) >= 11 is 0. The largest absolute Gasteiger partial charge is 0.507 e. The molecule has 0 aliphatic carbocycles. The monoisotopic (exact) mass is 495 g/mol. The SMILES string of the molecule is CCCCCOc1ccc(/C(O)=C2/C(=O)C(=O)N(CCCOC(C)C)C2c2cccc(OC)c2)cc1. The number of carbonyl (C=O) groups excluding carboxylic acids is 2. The summed E-state index contributed by atoms with van der Waals surface area (Å²) in [6.07, 6.45) is 3.84. The van der Waals surface area contributed by atoms with Crippen LogP contribution < -0.4 is 9.47 Å². The predicted molar refractivity (Wildman–Crippen MR) is 139 cm³/mol. The summed E-state index contributed by atoms with van der Waals surface area (Å²) in [6.45, 7) is 7.44. The van der Waals surface area contributed by atoms with Gasteiger partial charge in [0.25, 0.3) is 11.7 Å². The number of nitrogens with zero attached hydrogens (tertiary/aromatic N) is 1. The third-order valence-electron chi connectivity index (χ3n) is 6.09. The third kappa shape index (κ3) is 6.66. The summed E-state index contributed by atoms with van der Waals surface area (Å²) in [5.41, 5.74) is 1.20. The Labute approximate surface area is 213 Å². The highest BCUT2D eigenvalue weighted by Crippen LogP contribution is 2.40. The van der Waals surface area contributed by atoms with E-state index in [-0.39, 0.29) is 17.4 Å². The van der Waals surface area contributed by atoms with Crippen molar-refractivity contribution in [1.29, 1.82) is 0 Å². The molecule has 0 aromatic heterocycles. The Morgan fingerprint density at radius 3 is 2.42 bits per heavy atom. The number of ketones is 1. The maximum atomic E-state index is 13.2. The van der Waals surface area contributed by atoms with E-state index in [1.165, 1.54) is 4.90 Å². The predicted octanol–water partition coefficient (Wildman–Crippen LogP) is 5.50. The van der Waals surface area contributed by atoms with E-state index < -0.39 is 17.7 Å². The fraction of sp³-hybridized carbons (Fsp3) is 0.448. The van der Waals surface area contributed by atoms with Crippen LogP contribution in [0.1, 0.15) is 63.6 Å². The van der Waals surface area contributed by atoms with Gasteiger partial charge >= 0.3 is 0 Å². The smallest absolute Gasteiger partial charge is 0.295 e. The first kappa shape index (κ1) is 27.3. The van der Waals surface area contributed by atoms with Crippen molar-refractivity contribution < 1.29 is 28.9 Å². The summed E-state index contributed by atoms with van der Waals surface area (Å²) in [5, 5.41) is 11.2. The van der Waals surface area contributed by atoms with Crippen molar-refractivity contribution in [2.24, 2.45) is 0 Å². The van der Waals surface area contributed by atoms with Crippen LogP contribution in [0.25, 0.3) is 5.76 Å². The number of hydrogen-bond donors (Lipinski definition) is 1. The molecule has 1 atom stereocenters. The molecule has 1 unspecified atom stereocenters. The number of hydrogen-bond acceptors (Lipinski definition) is 6. The second kappa shape index (κ2) is 13.1. The Balaban J connectivity index is 1.93. The molecule has 2 aromatic rings. The van der Waals surface area contributed by atoms with Crippen molar-refractivity contribution in [1.82, 2.24) is 4.90 Å². The topological polar surface area (TPSA) is 85.3 Å². The molecule has 0 spiro atoms. The molecule has 7 nitrogen and oxygen atoms in total. The highest BCUT2D eigenvalue weighted by molar-refractivity contribution is 6.46. The van der Waals surface area contributed by atoms with E-state index >= 15 is 0 Å². The number of methoxy groups -OCH3 is 1. The van der Waals surface area contributed by atoms with Crippen molar-refractivity contribution in [2.75, 3.05) is 26.9 Å². The molecule has 1 saturated heterocycles. The molecule has 1 aliphatic heterocycles. The number of unbranched alkanes of at least 4 members (excludes halogenated alkanes) is 2. The molecule has 0 saturated carbocycles. The Morgan fingerprint density at radius 1 is 1.00 bits per heavy atom. The number of amides is 1. The summed E-state index contributed by atoms with van der Waals surface area (Å²) in [7, 11) is 1.56. The maximum absolute atomic E-state index is 13.2. The van der Waals surface area contributed by atoms with Gasteiger partial charge < -0.3 is 24.2 Å². The number of likely N-dealkylation sites (tertiary alicyclic amines) is 1. The van der Waals surface area contributed by atoms with Crippen LogP contribution in [-0.2, 0) is 14.3 Å². The van der Waals surface area contributed by atoms with Crippen molar-refractivity contribution in [2.45, 2.75) is 58.6 Å². The van der Waals surface area contributed by atoms with E-state index in [4.69, 9.17) is 14.2 Å². The standard InChI is InChI=1S/C29H37NO6/c1-5-6-7-17-36-23-14-12-21(13-15-23)27(31)25-26(22-10-8-11-24(19-22)34-4)30(29(33)28(25)32)16-9-18-35-20(2)3/h8,10-15,19-20,26,31H,5-7,9,16-18H2,1-4H3/b27-25-. The number of aliphatic hydroxyl groups excluding tert-OH is 1. The maximum Gasteiger partial charge on any atom is 0.295 e. The van der Waals surface area contributed by atoms with Gasteiger partial charge in [-0.2, -0.15) is 0 Å². The average molecular weight is 496 g/mol. The minimum absolute atomic E-state index is 0.0645. The van der Waals surface area contributed by atoms with E-state index in [9.17, 15) is 14.7 Å². The van der Waals surface area contributed by atoms with Crippen molar-refractivity contribution in [3.05, 3.63) is 65.2 Å². The fourth-order valence-electron chi connectivity index (χ4n) is 4.23. The van der Waals surface area contributed by atoms with Gasteiger partial charge in [0.2, 0.25) is 0 Å². The first-order valence-electron chi connectivity index (χ1n) is 12.6. The van der Waals surface area contributed by atoms with Gasteiger partial charge in [-0.15, -0.1) is 0 Å². The molecular formula is C29H37NO6. The van der Waals surface area contributed by atoms with Gasteiger partial charge in [-0.3, -0.25) is 9.59 Å². The van der Waals surface area contributed by atoms with Crippen LogP contribution in [0.4, 0.5) is 0 Å². The molecule has 7 heteroatoms. The minimum atomic E-state index is -0.732. The first-order valence-corrected chi connectivity index (χ1v) is 12.6. The molecule has 194 valence electrons. The van der Waals surface area contributed by atoms with E-state index in [0.717, 1.165) is 19.3 Å². The molecule has 1 heterocycles. The number of carbonyl (C=O) groups is 2. The Hall–Kier alpha value is -3.32. The lowest BCUT2D eigenvalue weighted by atomic mass is 9.95. The second-order valence-electron chi connectivity index (χ2n) is 9.12. The minimum Gasteiger partial charge on any atom is -0.507 e. The van der Waals surface area contributed by atoms with E-state index in [2.05, 4.69) is 6.92 Å². The first-order chi connectivity index (χ1) is 17.4. The number of aliphatic hydroxyl groups is 1. The lowest BCUT2D eigenvalue weighted by Gasteiger charge is -2.25. The number of benzene rings is 2. The van der Waals surface area contributed by atoms with E-state index in [0.29, 0.717) is 48.8 Å². The lowest BCUT2D eigenvalue weighted by Crippen LogP contribution is -2.31. The van der Waals surface area contributed by atoms with Crippen LogP contribution in [0, 0.1) is 0 Å². The highest BCUT2D eigenvalue weighted by atomic mass is 16.5. The van der Waals surface area contributed by atoms with Crippen molar-refractivity contribution in [3.8, 4) is 11.5 Å². The fourth-order valence-corrected chi connectivity index (χ4v) is 4.23. The molecule has 36 heavy (non-hydrogen) atoms.